The maximum atomic E-state index is 13.4. The van der Waals surface area contributed by atoms with Crippen molar-refractivity contribution in [3.05, 3.63) is 35.6 Å². The second kappa shape index (κ2) is 7.06. The summed E-state index contributed by atoms with van der Waals surface area (Å²) in [4.78, 5) is 24.5. The maximum absolute atomic E-state index is 13.4. The maximum Gasteiger partial charge on any atom is 0.326 e. The fraction of sp³-hybridized carbons (Fsp3) is 0.467. The lowest BCUT2D eigenvalue weighted by Crippen LogP contribution is -2.52. The number of piperidine rings is 1. The van der Waals surface area contributed by atoms with E-state index in [1.54, 1.807) is 18.2 Å². The first-order chi connectivity index (χ1) is 10.1. The van der Waals surface area contributed by atoms with E-state index < -0.39 is 18.0 Å². The van der Waals surface area contributed by atoms with E-state index in [-0.39, 0.29) is 12.4 Å². The number of rotatable bonds is 4. The number of carbonyl (C=O) groups is 2. The molecule has 1 fully saturated rings. The molecule has 1 aromatic rings. The first-order valence-electron chi connectivity index (χ1n) is 7.10. The van der Waals surface area contributed by atoms with E-state index in [1.807, 2.05) is 0 Å². The van der Waals surface area contributed by atoms with E-state index in [0.717, 1.165) is 12.8 Å². The van der Waals surface area contributed by atoms with Gasteiger partial charge in [0.1, 0.15) is 11.9 Å². The fourth-order valence-electron chi connectivity index (χ4n) is 2.54. The summed E-state index contributed by atoms with van der Waals surface area (Å²) in [6, 6.07) is 5.25. The molecule has 1 aromatic carbocycles. The van der Waals surface area contributed by atoms with Gasteiger partial charge in [-0.3, -0.25) is 0 Å². The molecule has 0 aliphatic carbocycles. The molecule has 5 nitrogen and oxygen atoms in total. The van der Waals surface area contributed by atoms with Crippen molar-refractivity contribution in [1.82, 2.24) is 10.2 Å². The number of carboxylic acid groups (broad SMARTS) is 1. The number of hydrogen-bond donors (Lipinski definition) is 2. The van der Waals surface area contributed by atoms with E-state index in [4.69, 9.17) is 5.11 Å². The average molecular weight is 294 g/mol. The lowest BCUT2D eigenvalue weighted by molar-refractivity contribution is -0.143. The van der Waals surface area contributed by atoms with Crippen LogP contribution in [-0.2, 0) is 11.2 Å². The second-order valence-electron chi connectivity index (χ2n) is 5.12. The number of nitrogens with one attached hydrogen (secondary N) is 1. The Balaban J connectivity index is 1.86. The topological polar surface area (TPSA) is 69.6 Å². The van der Waals surface area contributed by atoms with E-state index in [0.29, 0.717) is 24.9 Å². The van der Waals surface area contributed by atoms with Gasteiger partial charge in [-0.05, 0) is 37.3 Å². The number of carboxylic acids is 1. The van der Waals surface area contributed by atoms with Crippen LogP contribution in [0.4, 0.5) is 9.18 Å². The molecule has 0 spiro atoms. The summed E-state index contributed by atoms with van der Waals surface area (Å²) in [6.45, 7) is 0.727. The molecule has 6 heteroatoms. The number of benzene rings is 1. The van der Waals surface area contributed by atoms with Gasteiger partial charge in [0.15, 0.2) is 0 Å². The Bertz CT molecular complexity index is 521. The van der Waals surface area contributed by atoms with Crippen LogP contribution in [0.3, 0.4) is 0 Å². The van der Waals surface area contributed by atoms with Gasteiger partial charge in [-0.25, -0.2) is 14.0 Å². The van der Waals surface area contributed by atoms with Gasteiger partial charge in [0, 0.05) is 13.1 Å². The number of amides is 2. The summed E-state index contributed by atoms with van der Waals surface area (Å²) in [6.07, 6.45) is 2.49. The first kappa shape index (κ1) is 15.3. The number of carbonyl (C=O) groups excluding carboxylic acids is 1. The summed E-state index contributed by atoms with van der Waals surface area (Å²) in [7, 11) is 0. The molecule has 114 valence electrons. The predicted molar refractivity (Wildman–Crippen MR) is 75.5 cm³/mol. The molecule has 21 heavy (non-hydrogen) atoms. The Morgan fingerprint density at radius 1 is 1.33 bits per heavy atom. The molecule has 1 atom stereocenters. The SMILES string of the molecule is O=C(O)C1CCCCN1C(=O)NCCc1ccccc1F. The van der Waals surface area contributed by atoms with Crippen molar-refractivity contribution in [2.45, 2.75) is 31.7 Å². The lowest BCUT2D eigenvalue weighted by Gasteiger charge is -2.32. The molecule has 1 unspecified atom stereocenters. The van der Waals surface area contributed by atoms with Crippen LogP contribution in [-0.4, -0.2) is 41.1 Å². The number of likely N-dealkylation sites (tertiary alicyclic amines) is 1. The van der Waals surface area contributed by atoms with Crippen LogP contribution in [0, 0.1) is 5.82 Å². The minimum Gasteiger partial charge on any atom is -0.480 e. The Morgan fingerprint density at radius 2 is 2.10 bits per heavy atom. The van der Waals surface area contributed by atoms with Gasteiger partial charge in [0.05, 0.1) is 0 Å². The average Bonchev–Trinajstić information content (AvgIpc) is 2.49. The Labute approximate surface area is 122 Å². The zero-order valence-corrected chi connectivity index (χ0v) is 11.7. The molecular formula is C15H19FN2O3. The zero-order chi connectivity index (χ0) is 15.2. The van der Waals surface area contributed by atoms with Crippen LogP contribution in [0.1, 0.15) is 24.8 Å². The van der Waals surface area contributed by atoms with Crippen LogP contribution >= 0.6 is 0 Å². The third kappa shape index (κ3) is 3.93. The highest BCUT2D eigenvalue weighted by Crippen LogP contribution is 2.17. The zero-order valence-electron chi connectivity index (χ0n) is 11.7. The molecule has 2 N–H and O–H groups in total. The third-order valence-corrected chi connectivity index (χ3v) is 3.68. The fourth-order valence-corrected chi connectivity index (χ4v) is 2.54. The Hall–Kier alpha value is -2.11. The van der Waals surface area contributed by atoms with Crippen LogP contribution in [0.15, 0.2) is 24.3 Å². The summed E-state index contributed by atoms with van der Waals surface area (Å²) in [5.41, 5.74) is 0.534. The van der Waals surface area contributed by atoms with E-state index in [1.165, 1.54) is 11.0 Å². The van der Waals surface area contributed by atoms with E-state index >= 15 is 0 Å². The van der Waals surface area contributed by atoms with Crippen LogP contribution in [0.2, 0.25) is 0 Å². The van der Waals surface area contributed by atoms with Gasteiger partial charge in [0.2, 0.25) is 0 Å². The Kier molecular flexibility index (Phi) is 5.14. The number of aliphatic carboxylic acids is 1. The normalized spacial score (nSPS) is 18.3. The highest BCUT2D eigenvalue weighted by Gasteiger charge is 2.31. The molecule has 1 heterocycles. The van der Waals surface area contributed by atoms with Crippen molar-refractivity contribution in [1.29, 1.82) is 0 Å². The van der Waals surface area contributed by atoms with Crippen LogP contribution < -0.4 is 5.32 Å². The molecule has 0 aromatic heterocycles. The molecule has 1 aliphatic rings. The lowest BCUT2D eigenvalue weighted by atomic mass is 10.0. The van der Waals surface area contributed by atoms with Gasteiger partial charge in [-0.2, -0.15) is 0 Å². The van der Waals surface area contributed by atoms with Crippen molar-refractivity contribution in [2.24, 2.45) is 0 Å². The minimum atomic E-state index is -0.973. The molecule has 1 aliphatic heterocycles. The number of urea groups is 1. The van der Waals surface area contributed by atoms with Crippen molar-refractivity contribution >= 4 is 12.0 Å². The van der Waals surface area contributed by atoms with Gasteiger partial charge in [-0.1, -0.05) is 18.2 Å². The predicted octanol–water partition coefficient (Wildman–Crippen LogP) is 2.02. The summed E-state index contributed by atoms with van der Waals surface area (Å²) < 4.78 is 13.4. The van der Waals surface area contributed by atoms with E-state index in [9.17, 15) is 14.0 Å². The monoisotopic (exact) mass is 294 g/mol. The molecule has 0 saturated carbocycles. The smallest absolute Gasteiger partial charge is 0.326 e. The largest absolute Gasteiger partial charge is 0.480 e. The molecule has 2 rings (SSSR count). The highest BCUT2D eigenvalue weighted by atomic mass is 19.1. The van der Waals surface area contributed by atoms with Gasteiger partial charge >= 0.3 is 12.0 Å². The molecular weight excluding hydrogens is 275 g/mol. The standard InChI is InChI=1S/C15H19FN2O3/c16-12-6-2-1-5-11(12)8-9-17-15(21)18-10-4-3-7-13(18)14(19)20/h1-2,5-6,13H,3-4,7-10H2,(H,17,21)(H,19,20). The molecule has 2 amide bonds. The number of nitrogens with zero attached hydrogens (tertiary/aromatic N) is 1. The number of hydrogen-bond acceptors (Lipinski definition) is 2. The Morgan fingerprint density at radius 3 is 2.81 bits per heavy atom. The minimum absolute atomic E-state index is 0.280. The quantitative estimate of drug-likeness (QED) is 0.892. The van der Waals surface area contributed by atoms with Crippen LogP contribution in [0.25, 0.3) is 0 Å². The van der Waals surface area contributed by atoms with Crippen LogP contribution in [0.5, 0.6) is 0 Å². The van der Waals surface area contributed by atoms with Crippen molar-refractivity contribution < 1.29 is 19.1 Å². The summed E-state index contributed by atoms with van der Waals surface area (Å²) in [5.74, 6) is -1.27. The third-order valence-electron chi connectivity index (χ3n) is 3.68. The molecule has 0 radical (unpaired) electrons. The summed E-state index contributed by atoms with van der Waals surface area (Å²) in [5, 5.41) is 11.8. The van der Waals surface area contributed by atoms with Gasteiger partial charge in [-0.15, -0.1) is 0 Å². The molecule has 0 bridgehead atoms. The molecule has 1 saturated heterocycles. The second-order valence-corrected chi connectivity index (χ2v) is 5.12. The number of halogens is 1. The van der Waals surface area contributed by atoms with Gasteiger partial charge in [0.25, 0.3) is 0 Å². The van der Waals surface area contributed by atoms with Gasteiger partial charge < -0.3 is 15.3 Å². The highest BCUT2D eigenvalue weighted by molar-refractivity contribution is 5.82. The van der Waals surface area contributed by atoms with E-state index in [2.05, 4.69) is 5.32 Å². The van der Waals surface area contributed by atoms with Crippen molar-refractivity contribution in [3.63, 3.8) is 0 Å². The first-order valence-corrected chi connectivity index (χ1v) is 7.10. The summed E-state index contributed by atoms with van der Waals surface area (Å²) >= 11 is 0. The van der Waals surface area contributed by atoms with Crippen molar-refractivity contribution in [2.75, 3.05) is 13.1 Å². The van der Waals surface area contributed by atoms with Crippen molar-refractivity contribution in [3.8, 4) is 0 Å².